The molecule has 0 atom stereocenters. The minimum atomic E-state index is -0.970. The van der Waals surface area contributed by atoms with Crippen LogP contribution >= 0.6 is 0 Å². The van der Waals surface area contributed by atoms with Gasteiger partial charge in [-0.05, 0) is 30.4 Å². The number of anilines is 2. The van der Waals surface area contributed by atoms with E-state index in [9.17, 15) is 9.59 Å². The van der Waals surface area contributed by atoms with Crippen molar-refractivity contribution in [2.24, 2.45) is 0 Å². The second-order valence-corrected chi connectivity index (χ2v) is 6.54. The first-order valence-corrected chi connectivity index (χ1v) is 8.37. The van der Waals surface area contributed by atoms with Crippen molar-refractivity contribution in [1.29, 1.82) is 0 Å². The van der Waals surface area contributed by atoms with E-state index in [0.29, 0.717) is 0 Å². The van der Waals surface area contributed by atoms with Crippen molar-refractivity contribution in [2.45, 2.75) is 26.4 Å². The van der Waals surface area contributed by atoms with Crippen LogP contribution in [0.3, 0.4) is 0 Å². The summed E-state index contributed by atoms with van der Waals surface area (Å²) in [6.45, 7) is 8.74. The number of esters is 2. The van der Waals surface area contributed by atoms with Crippen molar-refractivity contribution in [3.8, 4) is 0 Å². The summed E-state index contributed by atoms with van der Waals surface area (Å²) in [5.41, 5.74) is 2.99. The second kappa shape index (κ2) is 6.71. The van der Waals surface area contributed by atoms with E-state index in [2.05, 4.69) is 29.3 Å². The third kappa shape index (κ3) is 3.22. The molecular formula is C20H22N2O4. The van der Waals surface area contributed by atoms with Gasteiger partial charge >= 0.3 is 11.9 Å². The van der Waals surface area contributed by atoms with Crippen LogP contribution in [0.2, 0.25) is 0 Å². The molecule has 0 amide bonds. The number of aryl methyl sites for hydroxylation is 2. The first kappa shape index (κ1) is 17.8. The summed E-state index contributed by atoms with van der Waals surface area (Å²) in [5, 5.41) is 8.97. The fourth-order valence-corrected chi connectivity index (χ4v) is 3.12. The van der Waals surface area contributed by atoms with E-state index >= 15 is 0 Å². The van der Waals surface area contributed by atoms with Crippen LogP contribution in [-0.4, -0.2) is 30.8 Å². The summed E-state index contributed by atoms with van der Waals surface area (Å²) < 4.78 is 10.5. The molecule has 2 aromatic carbocycles. The molecule has 0 saturated carbocycles. The van der Waals surface area contributed by atoms with Crippen molar-refractivity contribution >= 4 is 34.1 Å². The van der Waals surface area contributed by atoms with E-state index in [1.165, 1.54) is 6.92 Å². The highest BCUT2D eigenvalue weighted by Crippen LogP contribution is 2.41. The SMILES string of the molecule is C=CC(=O)OCC1(COC(C)=O)Nc2c(C)ccc3ccc(C)c(c23)N1. The maximum Gasteiger partial charge on any atom is 0.330 e. The Morgan fingerprint density at radius 1 is 1.04 bits per heavy atom. The molecule has 0 aromatic heterocycles. The van der Waals surface area contributed by atoms with Gasteiger partial charge in [-0.25, -0.2) is 4.79 Å². The molecule has 2 aromatic rings. The number of hydrogen-bond acceptors (Lipinski definition) is 6. The van der Waals surface area contributed by atoms with Crippen molar-refractivity contribution in [3.63, 3.8) is 0 Å². The summed E-state index contributed by atoms with van der Waals surface area (Å²) >= 11 is 0. The lowest BCUT2D eigenvalue weighted by Crippen LogP contribution is -2.56. The van der Waals surface area contributed by atoms with E-state index in [-0.39, 0.29) is 13.2 Å². The topological polar surface area (TPSA) is 76.7 Å². The molecule has 6 heteroatoms. The highest BCUT2D eigenvalue weighted by Gasteiger charge is 2.38. The molecule has 6 nitrogen and oxygen atoms in total. The monoisotopic (exact) mass is 354 g/mol. The molecule has 0 bridgehead atoms. The fraction of sp³-hybridized carbons (Fsp3) is 0.300. The summed E-state index contributed by atoms with van der Waals surface area (Å²) in [5.74, 6) is -0.949. The zero-order valence-corrected chi connectivity index (χ0v) is 15.1. The Bertz CT molecular complexity index is 858. The molecule has 0 saturated heterocycles. The van der Waals surface area contributed by atoms with E-state index in [0.717, 1.165) is 39.4 Å². The van der Waals surface area contributed by atoms with E-state index in [1.54, 1.807) is 0 Å². The van der Waals surface area contributed by atoms with Crippen molar-refractivity contribution in [3.05, 3.63) is 48.0 Å². The average molecular weight is 354 g/mol. The predicted molar refractivity (Wildman–Crippen MR) is 101 cm³/mol. The smallest absolute Gasteiger partial charge is 0.330 e. The number of rotatable bonds is 5. The maximum absolute atomic E-state index is 11.6. The van der Waals surface area contributed by atoms with Crippen LogP contribution in [0, 0.1) is 13.8 Å². The number of hydrogen-bond donors (Lipinski definition) is 2. The Labute approximate surface area is 152 Å². The number of carbonyl (C=O) groups excluding carboxylic acids is 2. The van der Waals surface area contributed by atoms with Gasteiger partial charge in [0.15, 0.2) is 5.66 Å². The molecule has 1 aliphatic rings. The first-order chi connectivity index (χ1) is 12.3. The molecule has 26 heavy (non-hydrogen) atoms. The average Bonchev–Trinajstić information content (AvgIpc) is 2.63. The van der Waals surface area contributed by atoms with Gasteiger partial charge in [0.25, 0.3) is 0 Å². The van der Waals surface area contributed by atoms with Gasteiger partial charge in [-0.1, -0.05) is 30.8 Å². The largest absolute Gasteiger partial charge is 0.461 e. The standard InChI is InChI=1S/C20H22N2O4/c1-5-16(24)26-11-20(10-25-14(4)23)21-18-12(2)6-8-15-9-7-13(3)19(22-20)17(15)18/h5-9,21-22H,1,10-11H2,2-4H3. The molecular weight excluding hydrogens is 332 g/mol. The zero-order valence-electron chi connectivity index (χ0n) is 15.1. The third-order valence-corrected chi connectivity index (χ3v) is 4.48. The summed E-state index contributed by atoms with van der Waals surface area (Å²) in [6.07, 6.45) is 1.10. The minimum Gasteiger partial charge on any atom is -0.461 e. The molecule has 0 spiro atoms. The van der Waals surface area contributed by atoms with Gasteiger partial charge in [0.1, 0.15) is 13.2 Å². The number of benzene rings is 2. The van der Waals surface area contributed by atoms with Crippen LogP contribution in [0.15, 0.2) is 36.9 Å². The molecule has 3 rings (SSSR count). The maximum atomic E-state index is 11.6. The van der Waals surface area contributed by atoms with Gasteiger partial charge < -0.3 is 20.1 Å². The van der Waals surface area contributed by atoms with Crippen LogP contribution in [0.5, 0.6) is 0 Å². The normalized spacial score (nSPS) is 14.1. The molecule has 0 radical (unpaired) electrons. The highest BCUT2D eigenvalue weighted by atomic mass is 16.5. The Balaban J connectivity index is 2.08. The lowest BCUT2D eigenvalue weighted by molar-refractivity contribution is -0.144. The summed E-state index contributed by atoms with van der Waals surface area (Å²) in [7, 11) is 0. The van der Waals surface area contributed by atoms with Crippen LogP contribution in [-0.2, 0) is 19.1 Å². The van der Waals surface area contributed by atoms with Crippen molar-refractivity contribution in [2.75, 3.05) is 23.8 Å². The number of ether oxygens (including phenoxy) is 2. The van der Waals surface area contributed by atoms with Gasteiger partial charge in [-0.3, -0.25) is 4.79 Å². The summed E-state index contributed by atoms with van der Waals surface area (Å²) in [6, 6.07) is 8.19. The van der Waals surface area contributed by atoms with Gasteiger partial charge in [0.2, 0.25) is 0 Å². The number of carbonyl (C=O) groups is 2. The van der Waals surface area contributed by atoms with Gasteiger partial charge in [0.05, 0.1) is 0 Å². The van der Waals surface area contributed by atoms with Gasteiger partial charge in [-0.15, -0.1) is 0 Å². The molecule has 0 aliphatic carbocycles. The summed E-state index contributed by atoms with van der Waals surface area (Å²) in [4.78, 5) is 23.0. The number of nitrogens with one attached hydrogen (secondary N) is 2. The molecule has 136 valence electrons. The Hall–Kier alpha value is -3.02. The molecule has 1 aliphatic heterocycles. The Kier molecular flexibility index (Phi) is 4.59. The lowest BCUT2D eigenvalue weighted by atomic mass is 9.95. The second-order valence-electron chi connectivity index (χ2n) is 6.54. The van der Waals surface area contributed by atoms with Crippen LogP contribution < -0.4 is 10.6 Å². The van der Waals surface area contributed by atoms with E-state index in [1.807, 2.05) is 26.0 Å². The van der Waals surface area contributed by atoms with Crippen molar-refractivity contribution < 1.29 is 19.1 Å². The van der Waals surface area contributed by atoms with Gasteiger partial charge in [0, 0.05) is 29.8 Å². The minimum absolute atomic E-state index is 0.00361. The third-order valence-electron chi connectivity index (χ3n) is 4.48. The first-order valence-electron chi connectivity index (χ1n) is 8.37. The molecule has 0 unspecified atom stereocenters. The highest BCUT2D eigenvalue weighted by molar-refractivity contribution is 6.07. The van der Waals surface area contributed by atoms with Crippen LogP contribution in [0.25, 0.3) is 10.8 Å². The van der Waals surface area contributed by atoms with Gasteiger partial charge in [-0.2, -0.15) is 0 Å². The lowest BCUT2D eigenvalue weighted by Gasteiger charge is -2.41. The Morgan fingerprint density at radius 2 is 1.58 bits per heavy atom. The molecule has 2 N–H and O–H groups in total. The van der Waals surface area contributed by atoms with E-state index < -0.39 is 17.6 Å². The molecule has 0 fully saturated rings. The Morgan fingerprint density at radius 3 is 2.08 bits per heavy atom. The zero-order chi connectivity index (χ0) is 18.9. The molecule has 1 heterocycles. The van der Waals surface area contributed by atoms with Crippen LogP contribution in [0.1, 0.15) is 18.1 Å². The van der Waals surface area contributed by atoms with Crippen LogP contribution in [0.4, 0.5) is 11.4 Å². The van der Waals surface area contributed by atoms with E-state index in [4.69, 9.17) is 9.47 Å². The van der Waals surface area contributed by atoms with Crippen molar-refractivity contribution in [1.82, 2.24) is 0 Å². The predicted octanol–water partition coefficient (Wildman–Crippen LogP) is 3.28. The quantitative estimate of drug-likeness (QED) is 0.634. The fourth-order valence-electron chi connectivity index (χ4n) is 3.12.